The Kier molecular flexibility index (Phi) is 6.81. The molecule has 1 amide bonds. The zero-order valence-electron chi connectivity index (χ0n) is 14.9. The van der Waals surface area contributed by atoms with Crippen molar-refractivity contribution in [1.29, 1.82) is 0 Å². The number of quaternary nitrogens is 1. The van der Waals surface area contributed by atoms with Crippen LogP contribution in [0.15, 0.2) is 23.1 Å². The maximum Gasteiger partial charge on any atom is 0.265 e. The highest BCUT2D eigenvalue weighted by Crippen LogP contribution is 2.25. The number of sulfonamides is 1. The van der Waals surface area contributed by atoms with Gasteiger partial charge in [-0.3, -0.25) is 10.2 Å². The van der Waals surface area contributed by atoms with E-state index in [1.54, 1.807) is 19.9 Å². The summed E-state index contributed by atoms with van der Waals surface area (Å²) in [6, 6.07) is 4.36. The van der Waals surface area contributed by atoms with Gasteiger partial charge in [-0.2, -0.15) is 4.31 Å². The lowest BCUT2D eigenvalue weighted by atomic mass is 10.2. The van der Waals surface area contributed by atoms with Crippen LogP contribution in [0.3, 0.4) is 0 Å². The first-order valence-corrected chi connectivity index (χ1v) is 10.3. The number of hydrogen-bond acceptors (Lipinski definition) is 4. The number of amides is 1. The number of halogens is 1. The van der Waals surface area contributed by atoms with Crippen LogP contribution >= 0.6 is 11.6 Å². The van der Waals surface area contributed by atoms with Gasteiger partial charge in [0.1, 0.15) is 4.90 Å². The van der Waals surface area contributed by atoms with E-state index in [0.29, 0.717) is 13.1 Å². The lowest BCUT2D eigenvalue weighted by molar-refractivity contribution is -0.884. The molecule has 140 valence electrons. The standard InChI is InChI=1S/C16H25ClN4O3S/c1-4-21(5-2)25(23,24)15-12-13(6-7-14(15)17)16(22)18-20-10-8-19(3)9-11-20/h6-7,12H,4-5,8-11H2,1-3H3,(H,18,22)/p+1. The van der Waals surface area contributed by atoms with Gasteiger partial charge in [-0.15, -0.1) is 0 Å². The Labute approximate surface area is 154 Å². The van der Waals surface area contributed by atoms with E-state index in [1.807, 2.05) is 5.01 Å². The molecule has 2 rings (SSSR count). The summed E-state index contributed by atoms with van der Waals surface area (Å²) in [5, 5.41) is 1.98. The lowest BCUT2D eigenvalue weighted by Gasteiger charge is -2.30. The second kappa shape index (κ2) is 8.46. The largest absolute Gasteiger partial charge is 0.335 e. The molecular formula is C16H26ClN4O3S+. The van der Waals surface area contributed by atoms with Crippen LogP contribution in [0.1, 0.15) is 24.2 Å². The summed E-state index contributed by atoms with van der Waals surface area (Å²) in [4.78, 5) is 13.9. The molecule has 25 heavy (non-hydrogen) atoms. The number of benzene rings is 1. The summed E-state index contributed by atoms with van der Waals surface area (Å²) in [6.45, 7) is 7.63. The maximum atomic E-state index is 12.7. The smallest absolute Gasteiger partial charge is 0.265 e. The van der Waals surface area contributed by atoms with E-state index in [2.05, 4.69) is 12.5 Å². The van der Waals surface area contributed by atoms with Gasteiger partial charge in [0.05, 0.1) is 38.2 Å². The second-order valence-electron chi connectivity index (χ2n) is 6.12. The fraction of sp³-hybridized carbons (Fsp3) is 0.562. The van der Waals surface area contributed by atoms with E-state index in [1.165, 1.54) is 21.3 Å². The van der Waals surface area contributed by atoms with Gasteiger partial charge in [0.25, 0.3) is 5.91 Å². The van der Waals surface area contributed by atoms with Crippen molar-refractivity contribution in [3.63, 3.8) is 0 Å². The van der Waals surface area contributed by atoms with Crippen molar-refractivity contribution in [3.8, 4) is 0 Å². The first-order chi connectivity index (χ1) is 11.8. The third kappa shape index (κ3) is 4.71. The zero-order chi connectivity index (χ0) is 18.6. The molecule has 0 radical (unpaired) electrons. The summed E-state index contributed by atoms with van der Waals surface area (Å²) in [7, 11) is -1.61. The monoisotopic (exact) mass is 389 g/mol. The van der Waals surface area contributed by atoms with E-state index in [9.17, 15) is 13.2 Å². The molecule has 1 heterocycles. The number of nitrogens with zero attached hydrogens (tertiary/aromatic N) is 2. The highest BCUT2D eigenvalue weighted by Gasteiger charge is 2.26. The molecule has 1 fully saturated rings. The van der Waals surface area contributed by atoms with Gasteiger partial charge in [0.2, 0.25) is 10.0 Å². The molecule has 0 bridgehead atoms. The molecule has 1 aromatic carbocycles. The predicted molar refractivity (Wildman–Crippen MR) is 97.2 cm³/mol. The first kappa shape index (κ1) is 20.1. The molecule has 2 N–H and O–H groups in total. The molecule has 0 atom stereocenters. The van der Waals surface area contributed by atoms with Crippen molar-refractivity contribution in [2.75, 3.05) is 46.3 Å². The van der Waals surface area contributed by atoms with E-state index in [-0.39, 0.29) is 21.4 Å². The lowest BCUT2D eigenvalue weighted by Crippen LogP contribution is -3.12. The van der Waals surface area contributed by atoms with E-state index < -0.39 is 10.0 Å². The number of nitrogens with one attached hydrogen (secondary N) is 2. The molecule has 1 saturated heterocycles. The minimum absolute atomic E-state index is 0.0339. The summed E-state index contributed by atoms with van der Waals surface area (Å²) >= 11 is 6.10. The van der Waals surface area contributed by atoms with Gasteiger partial charge in [0, 0.05) is 18.7 Å². The summed E-state index contributed by atoms with van der Waals surface area (Å²) in [5.74, 6) is -0.327. The minimum Gasteiger partial charge on any atom is -0.335 e. The Morgan fingerprint density at radius 1 is 1.28 bits per heavy atom. The Hall–Kier alpha value is -1.19. The quantitative estimate of drug-likeness (QED) is 0.709. The maximum absolute atomic E-state index is 12.7. The van der Waals surface area contributed by atoms with Crippen LogP contribution in [0.5, 0.6) is 0 Å². The second-order valence-corrected chi connectivity index (χ2v) is 8.43. The van der Waals surface area contributed by atoms with E-state index in [0.717, 1.165) is 26.2 Å². The van der Waals surface area contributed by atoms with Crippen LogP contribution in [0.4, 0.5) is 0 Å². The van der Waals surface area contributed by atoms with Crippen molar-refractivity contribution in [3.05, 3.63) is 28.8 Å². The van der Waals surface area contributed by atoms with Crippen LogP contribution < -0.4 is 10.3 Å². The molecule has 0 unspecified atom stereocenters. The Morgan fingerprint density at radius 3 is 2.44 bits per heavy atom. The van der Waals surface area contributed by atoms with Crippen molar-refractivity contribution < 1.29 is 18.1 Å². The molecule has 9 heteroatoms. The minimum atomic E-state index is -3.72. The SMILES string of the molecule is CCN(CC)S(=O)(=O)c1cc(C(=O)NN2CC[NH+](C)CC2)ccc1Cl. The molecule has 0 aromatic heterocycles. The van der Waals surface area contributed by atoms with Gasteiger partial charge < -0.3 is 4.90 Å². The van der Waals surface area contributed by atoms with Crippen LogP contribution in [-0.4, -0.2) is 70.0 Å². The third-order valence-corrected chi connectivity index (χ3v) is 6.92. The molecule has 7 nitrogen and oxygen atoms in total. The molecule has 0 aliphatic carbocycles. The molecule has 1 aromatic rings. The van der Waals surface area contributed by atoms with Gasteiger partial charge in [-0.05, 0) is 18.2 Å². The number of piperazine rings is 1. The molecule has 1 aliphatic rings. The van der Waals surface area contributed by atoms with Crippen molar-refractivity contribution in [2.45, 2.75) is 18.7 Å². The summed E-state index contributed by atoms with van der Waals surface area (Å²) in [5.41, 5.74) is 3.12. The molecule has 0 spiro atoms. The number of hydrogen-bond donors (Lipinski definition) is 2. The fourth-order valence-corrected chi connectivity index (χ4v) is 4.71. The average molecular weight is 390 g/mol. The summed E-state index contributed by atoms with van der Waals surface area (Å²) in [6.07, 6.45) is 0. The predicted octanol–water partition coefficient (Wildman–Crippen LogP) is -0.154. The zero-order valence-corrected chi connectivity index (χ0v) is 16.5. The van der Waals surface area contributed by atoms with Crippen LogP contribution in [-0.2, 0) is 10.0 Å². The number of rotatable bonds is 6. The number of carbonyl (C=O) groups excluding carboxylic acids is 1. The van der Waals surface area contributed by atoms with Gasteiger partial charge in [-0.25, -0.2) is 13.4 Å². The highest BCUT2D eigenvalue weighted by molar-refractivity contribution is 7.89. The molecule has 0 saturated carbocycles. The number of likely N-dealkylation sites (N-methyl/N-ethyl adjacent to an activating group) is 1. The van der Waals surface area contributed by atoms with Crippen LogP contribution in [0.2, 0.25) is 5.02 Å². The highest BCUT2D eigenvalue weighted by atomic mass is 35.5. The Balaban J connectivity index is 2.22. The fourth-order valence-electron chi connectivity index (χ4n) is 2.75. The van der Waals surface area contributed by atoms with Gasteiger partial charge >= 0.3 is 0 Å². The van der Waals surface area contributed by atoms with E-state index >= 15 is 0 Å². The van der Waals surface area contributed by atoms with Crippen LogP contribution in [0, 0.1) is 0 Å². The van der Waals surface area contributed by atoms with E-state index in [4.69, 9.17) is 11.6 Å². The van der Waals surface area contributed by atoms with Gasteiger partial charge in [0.15, 0.2) is 0 Å². The number of hydrazine groups is 1. The topological polar surface area (TPSA) is 74.2 Å². The molecule has 1 aliphatic heterocycles. The third-order valence-electron chi connectivity index (χ3n) is 4.39. The number of carbonyl (C=O) groups is 1. The average Bonchev–Trinajstić information content (AvgIpc) is 2.58. The normalized spacial score (nSPS) is 17.0. The van der Waals surface area contributed by atoms with Crippen molar-refractivity contribution in [2.24, 2.45) is 0 Å². The molecular weight excluding hydrogens is 364 g/mol. The summed E-state index contributed by atoms with van der Waals surface area (Å²) < 4.78 is 26.7. The van der Waals surface area contributed by atoms with Crippen molar-refractivity contribution >= 4 is 27.5 Å². The van der Waals surface area contributed by atoms with Gasteiger partial charge in [-0.1, -0.05) is 25.4 Å². The van der Waals surface area contributed by atoms with Crippen molar-refractivity contribution in [1.82, 2.24) is 14.7 Å². The Bertz CT molecular complexity index is 714. The van der Waals surface area contributed by atoms with Crippen LogP contribution in [0.25, 0.3) is 0 Å². The Morgan fingerprint density at radius 2 is 1.88 bits per heavy atom. The first-order valence-electron chi connectivity index (χ1n) is 8.46.